The van der Waals surface area contributed by atoms with Crippen molar-refractivity contribution >= 4 is 17.3 Å². The van der Waals surface area contributed by atoms with Crippen molar-refractivity contribution in [1.82, 2.24) is 0 Å². The predicted octanol–water partition coefficient (Wildman–Crippen LogP) is 4.13. The highest BCUT2D eigenvalue weighted by atomic mass is 19.2. The Labute approximate surface area is 156 Å². The van der Waals surface area contributed by atoms with Crippen LogP contribution in [0.2, 0.25) is 0 Å². The molecule has 144 valence electrons. The maximum atomic E-state index is 13.3. The summed E-state index contributed by atoms with van der Waals surface area (Å²) >= 11 is 0. The summed E-state index contributed by atoms with van der Waals surface area (Å²) in [5.41, 5.74) is 1.89. The van der Waals surface area contributed by atoms with E-state index in [4.69, 9.17) is 9.47 Å². The lowest BCUT2D eigenvalue weighted by Crippen LogP contribution is -2.32. The molecule has 0 aromatic heterocycles. The Morgan fingerprint density at radius 2 is 2.07 bits per heavy atom. The van der Waals surface area contributed by atoms with Crippen molar-refractivity contribution in [3.63, 3.8) is 0 Å². The molecule has 0 radical (unpaired) electrons. The summed E-state index contributed by atoms with van der Waals surface area (Å²) in [5, 5.41) is 5.66. The smallest absolute Gasteiger partial charge is 0.246 e. The fourth-order valence-corrected chi connectivity index (χ4v) is 2.95. The summed E-state index contributed by atoms with van der Waals surface area (Å²) in [7, 11) is 0. The Hall–Kier alpha value is -2.83. The van der Waals surface area contributed by atoms with Crippen molar-refractivity contribution in [3.8, 4) is 11.5 Å². The van der Waals surface area contributed by atoms with Gasteiger partial charge >= 0.3 is 0 Å². The lowest BCUT2D eigenvalue weighted by Gasteiger charge is -2.19. The van der Waals surface area contributed by atoms with Gasteiger partial charge in [-0.2, -0.15) is 0 Å². The minimum absolute atomic E-state index is 0.0961. The van der Waals surface area contributed by atoms with Gasteiger partial charge in [-0.15, -0.1) is 0 Å². The molecule has 1 aliphatic heterocycles. The average Bonchev–Trinajstić information content (AvgIpc) is 2.97. The van der Waals surface area contributed by atoms with Gasteiger partial charge in [0.05, 0.1) is 12.3 Å². The fourth-order valence-electron chi connectivity index (χ4n) is 2.95. The highest BCUT2D eigenvalue weighted by Gasteiger charge is 2.23. The monoisotopic (exact) mass is 376 g/mol. The van der Waals surface area contributed by atoms with E-state index in [-0.39, 0.29) is 11.8 Å². The molecule has 2 aromatic carbocycles. The van der Waals surface area contributed by atoms with E-state index in [0.29, 0.717) is 18.0 Å². The lowest BCUT2D eigenvalue weighted by atomic mass is 10.1. The van der Waals surface area contributed by atoms with E-state index < -0.39 is 23.6 Å². The first kappa shape index (κ1) is 18.9. The number of ether oxygens (including phenoxy) is 2. The maximum absolute atomic E-state index is 13.3. The Morgan fingerprint density at radius 1 is 1.30 bits per heavy atom. The first-order valence-corrected chi connectivity index (χ1v) is 8.86. The summed E-state index contributed by atoms with van der Waals surface area (Å²) in [4.78, 5) is 12.4. The fraction of sp³-hybridized carbons (Fsp3) is 0.350. The van der Waals surface area contributed by atoms with Crippen LogP contribution < -0.4 is 20.1 Å². The molecule has 7 heteroatoms. The third-order valence-corrected chi connectivity index (χ3v) is 4.25. The van der Waals surface area contributed by atoms with Crippen LogP contribution in [0.25, 0.3) is 0 Å². The highest BCUT2D eigenvalue weighted by Crippen LogP contribution is 2.38. The number of amides is 1. The largest absolute Gasteiger partial charge is 0.492 e. The molecule has 0 spiro atoms. The van der Waals surface area contributed by atoms with E-state index >= 15 is 0 Å². The van der Waals surface area contributed by atoms with E-state index in [1.807, 2.05) is 26.0 Å². The summed E-state index contributed by atoms with van der Waals surface area (Å²) < 4.78 is 37.8. The van der Waals surface area contributed by atoms with Crippen molar-refractivity contribution in [2.75, 3.05) is 17.2 Å². The Kier molecular flexibility index (Phi) is 5.48. The van der Waals surface area contributed by atoms with Gasteiger partial charge in [0.15, 0.2) is 11.6 Å². The number of carbonyl (C=O) groups excluding carboxylic acids is 1. The molecule has 1 amide bonds. The quantitative estimate of drug-likeness (QED) is 0.796. The van der Waals surface area contributed by atoms with E-state index in [1.54, 1.807) is 6.92 Å². The molecule has 2 atom stereocenters. The molecule has 0 saturated heterocycles. The first-order valence-electron chi connectivity index (χ1n) is 8.86. The minimum Gasteiger partial charge on any atom is -0.492 e. The summed E-state index contributed by atoms with van der Waals surface area (Å²) in [6.07, 6.45) is 0.904. The number of fused-ring (bicyclic) bond motifs is 1. The van der Waals surface area contributed by atoms with Crippen molar-refractivity contribution in [3.05, 3.63) is 47.5 Å². The van der Waals surface area contributed by atoms with Gasteiger partial charge in [-0.1, -0.05) is 0 Å². The number of nitrogens with one attached hydrogen (secondary N) is 2. The first-order chi connectivity index (χ1) is 12.9. The molecule has 1 heterocycles. The van der Waals surface area contributed by atoms with Gasteiger partial charge in [0, 0.05) is 29.8 Å². The van der Waals surface area contributed by atoms with Crippen LogP contribution in [0.1, 0.15) is 26.3 Å². The van der Waals surface area contributed by atoms with E-state index in [1.165, 1.54) is 6.07 Å². The van der Waals surface area contributed by atoms with Gasteiger partial charge in [-0.05, 0) is 39.0 Å². The molecule has 0 saturated carbocycles. The zero-order chi connectivity index (χ0) is 19.6. The molecule has 27 heavy (non-hydrogen) atoms. The summed E-state index contributed by atoms with van der Waals surface area (Å²) in [5.74, 6) is -0.967. The number of benzene rings is 2. The average molecular weight is 376 g/mol. The molecule has 2 N–H and O–H groups in total. The molecular weight excluding hydrogens is 354 g/mol. The van der Waals surface area contributed by atoms with Gasteiger partial charge in [-0.3, -0.25) is 4.79 Å². The standard InChI is InChI=1S/C20H22F2N2O3/c1-4-26-19-8-13-7-11(2)27-18(13)10-17(19)23-12(3)20(25)24-14-5-6-15(21)16(22)9-14/h5-6,8-12,23H,4,7H2,1-3H3,(H,24,25)/t11-,12-/m1/s1. The second-order valence-electron chi connectivity index (χ2n) is 6.51. The van der Waals surface area contributed by atoms with Gasteiger partial charge in [0.2, 0.25) is 5.91 Å². The van der Waals surface area contributed by atoms with E-state index in [2.05, 4.69) is 10.6 Å². The lowest BCUT2D eigenvalue weighted by molar-refractivity contribution is -0.116. The second kappa shape index (κ2) is 7.82. The number of hydrogen-bond acceptors (Lipinski definition) is 4. The molecule has 0 bridgehead atoms. The molecule has 3 rings (SSSR count). The van der Waals surface area contributed by atoms with Gasteiger partial charge in [0.25, 0.3) is 0 Å². The number of hydrogen-bond donors (Lipinski definition) is 2. The van der Waals surface area contributed by atoms with Gasteiger partial charge < -0.3 is 20.1 Å². The molecule has 1 aliphatic rings. The third-order valence-electron chi connectivity index (χ3n) is 4.25. The Balaban J connectivity index is 1.74. The van der Waals surface area contributed by atoms with Crippen LogP contribution in [0.3, 0.4) is 0 Å². The van der Waals surface area contributed by atoms with Gasteiger partial charge in [-0.25, -0.2) is 8.78 Å². The van der Waals surface area contributed by atoms with Crippen LogP contribution in [0.15, 0.2) is 30.3 Å². The van der Waals surface area contributed by atoms with Crippen LogP contribution in [0.5, 0.6) is 11.5 Å². The molecule has 0 aliphatic carbocycles. The van der Waals surface area contributed by atoms with Crippen LogP contribution in [-0.2, 0) is 11.2 Å². The number of rotatable bonds is 6. The van der Waals surface area contributed by atoms with Crippen LogP contribution in [-0.4, -0.2) is 24.7 Å². The zero-order valence-corrected chi connectivity index (χ0v) is 15.4. The number of halogens is 2. The topological polar surface area (TPSA) is 59.6 Å². The zero-order valence-electron chi connectivity index (χ0n) is 15.4. The third kappa shape index (κ3) is 4.30. The molecule has 0 fully saturated rings. The van der Waals surface area contributed by atoms with Gasteiger partial charge in [0.1, 0.15) is 23.6 Å². The normalized spacial score (nSPS) is 16.3. The summed E-state index contributed by atoms with van der Waals surface area (Å²) in [6, 6.07) is 6.31. The SMILES string of the molecule is CCOc1cc2c(cc1N[C@H](C)C(=O)Nc1ccc(F)c(F)c1)O[C@H](C)C2. The van der Waals surface area contributed by atoms with Crippen LogP contribution in [0.4, 0.5) is 20.2 Å². The highest BCUT2D eigenvalue weighted by molar-refractivity contribution is 5.96. The van der Waals surface area contributed by atoms with Crippen molar-refractivity contribution in [2.45, 2.75) is 39.3 Å². The minimum atomic E-state index is -1.02. The number of anilines is 2. The Bertz CT molecular complexity index is 857. The maximum Gasteiger partial charge on any atom is 0.246 e. The van der Waals surface area contributed by atoms with Crippen molar-refractivity contribution < 1.29 is 23.0 Å². The van der Waals surface area contributed by atoms with Crippen molar-refractivity contribution in [2.24, 2.45) is 0 Å². The molecule has 0 unspecified atom stereocenters. The van der Waals surface area contributed by atoms with E-state index in [9.17, 15) is 13.6 Å². The molecular formula is C20H22F2N2O3. The van der Waals surface area contributed by atoms with Crippen LogP contribution >= 0.6 is 0 Å². The molecule has 5 nitrogen and oxygen atoms in total. The van der Waals surface area contributed by atoms with Crippen LogP contribution in [0, 0.1) is 11.6 Å². The molecule has 2 aromatic rings. The van der Waals surface area contributed by atoms with Crippen molar-refractivity contribution in [1.29, 1.82) is 0 Å². The predicted molar refractivity (Wildman–Crippen MR) is 99.5 cm³/mol. The summed E-state index contributed by atoms with van der Waals surface area (Å²) in [6.45, 7) is 6.03. The second-order valence-corrected chi connectivity index (χ2v) is 6.51. The number of carbonyl (C=O) groups is 1. The van der Waals surface area contributed by atoms with E-state index in [0.717, 1.165) is 29.9 Å². The Morgan fingerprint density at radius 3 is 2.78 bits per heavy atom.